The van der Waals surface area contributed by atoms with E-state index in [1.54, 1.807) is 4.90 Å². The second-order valence-corrected chi connectivity index (χ2v) is 6.93. The molecular weight excluding hydrogens is 352 g/mol. The minimum Gasteiger partial charge on any atom is -0.312 e. The highest BCUT2D eigenvalue weighted by Crippen LogP contribution is 2.37. The van der Waals surface area contributed by atoms with Gasteiger partial charge in [0.25, 0.3) is 0 Å². The van der Waals surface area contributed by atoms with Crippen molar-refractivity contribution in [3.8, 4) is 11.1 Å². The minimum atomic E-state index is -0.418. The molecule has 2 heterocycles. The van der Waals surface area contributed by atoms with Crippen LogP contribution in [0.5, 0.6) is 0 Å². The molecule has 132 valence electrons. The van der Waals surface area contributed by atoms with Gasteiger partial charge in [0.15, 0.2) is 0 Å². The van der Waals surface area contributed by atoms with Crippen molar-refractivity contribution in [2.45, 2.75) is 25.2 Å². The van der Waals surface area contributed by atoms with E-state index < -0.39 is 5.92 Å². The Labute approximate surface area is 155 Å². The molecule has 0 radical (unpaired) electrons. The summed E-state index contributed by atoms with van der Waals surface area (Å²) < 4.78 is 0. The van der Waals surface area contributed by atoms with Crippen LogP contribution < -0.4 is 10.2 Å². The number of β-lactam (4-membered cyclic amide) rings is 1. The summed E-state index contributed by atoms with van der Waals surface area (Å²) in [6.45, 7) is 0.754. The molecule has 2 aliphatic heterocycles. The maximum atomic E-state index is 12.2. The topological polar surface area (TPSA) is 66.5 Å². The van der Waals surface area contributed by atoms with Gasteiger partial charge < -0.3 is 4.90 Å². The second kappa shape index (κ2) is 6.57. The van der Waals surface area contributed by atoms with Crippen molar-refractivity contribution >= 4 is 35.0 Å². The van der Waals surface area contributed by atoms with Gasteiger partial charge >= 0.3 is 0 Å². The summed E-state index contributed by atoms with van der Waals surface area (Å²) >= 11 is 6.61. The van der Waals surface area contributed by atoms with Crippen molar-refractivity contribution in [1.29, 1.82) is 0 Å². The molecule has 0 spiro atoms. The number of imide groups is 1. The van der Waals surface area contributed by atoms with Gasteiger partial charge in [0, 0.05) is 30.6 Å². The quantitative estimate of drug-likeness (QED) is 0.668. The number of benzene rings is 2. The molecule has 1 atom stereocenters. The van der Waals surface area contributed by atoms with Gasteiger partial charge in [0.2, 0.25) is 17.7 Å². The molecule has 5 nitrogen and oxygen atoms in total. The van der Waals surface area contributed by atoms with Gasteiger partial charge in [0.1, 0.15) is 0 Å². The fraction of sp³-hybridized carbons (Fsp3) is 0.250. The number of hydrogen-bond acceptors (Lipinski definition) is 3. The molecule has 2 fully saturated rings. The third-order valence-corrected chi connectivity index (χ3v) is 5.41. The average Bonchev–Trinajstić information content (AvgIpc) is 2.62. The third kappa shape index (κ3) is 2.88. The molecule has 1 N–H and O–H groups in total. The lowest BCUT2D eigenvalue weighted by Gasteiger charge is -2.30. The number of halogens is 1. The summed E-state index contributed by atoms with van der Waals surface area (Å²) in [6, 6.07) is 13.3. The smallest absolute Gasteiger partial charge is 0.234 e. The van der Waals surface area contributed by atoms with Crippen LogP contribution in [-0.4, -0.2) is 24.3 Å². The molecule has 2 aromatic carbocycles. The summed E-state index contributed by atoms with van der Waals surface area (Å²) in [4.78, 5) is 36.8. The van der Waals surface area contributed by atoms with Crippen LogP contribution >= 0.6 is 11.6 Å². The van der Waals surface area contributed by atoms with Gasteiger partial charge in [-0.05, 0) is 29.7 Å². The molecule has 0 aromatic heterocycles. The standard InChI is InChI=1S/C20H17ClN2O3/c21-19-14(12-4-6-13(7-5-12)23-11-10-18(23)25)2-1-3-15(19)16-8-9-17(24)22-20(16)26/h1-7,16H,8-11H2,(H,22,24,26). The Kier molecular flexibility index (Phi) is 4.24. The van der Waals surface area contributed by atoms with Crippen molar-refractivity contribution in [3.63, 3.8) is 0 Å². The Bertz CT molecular complexity index is 908. The zero-order valence-electron chi connectivity index (χ0n) is 14.0. The van der Waals surface area contributed by atoms with Crippen molar-refractivity contribution in [1.82, 2.24) is 5.32 Å². The molecule has 0 saturated carbocycles. The van der Waals surface area contributed by atoms with Crippen molar-refractivity contribution < 1.29 is 14.4 Å². The van der Waals surface area contributed by atoms with E-state index in [1.807, 2.05) is 42.5 Å². The largest absolute Gasteiger partial charge is 0.312 e. The lowest BCUT2D eigenvalue weighted by Crippen LogP contribution is -2.43. The average molecular weight is 369 g/mol. The van der Waals surface area contributed by atoms with Crippen molar-refractivity contribution in [2.24, 2.45) is 0 Å². The normalized spacial score (nSPS) is 20.0. The van der Waals surface area contributed by atoms with Crippen LogP contribution in [0.25, 0.3) is 11.1 Å². The minimum absolute atomic E-state index is 0.135. The Balaban J connectivity index is 1.64. The van der Waals surface area contributed by atoms with Crippen molar-refractivity contribution in [2.75, 3.05) is 11.4 Å². The predicted octanol–water partition coefficient (Wildman–Crippen LogP) is 3.26. The van der Waals surface area contributed by atoms with E-state index in [9.17, 15) is 14.4 Å². The van der Waals surface area contributed by atoms with Crippen LogP contribution in [0.4, 0.5) is 5.69 Å². The number of nitrogens with one attached hydrogen (secondary N) is 1. The highest BCUT2D eigenvalue weighted by atomic mass is 35.5. The molecule has 26 heavy (non-hydrogen) atoms. The lowest BCUT2D eigenvalue weighted by atomic mass is 9.88. The molecule has 3 amide bonds. The van der Waals surface area contributed by atoms with E-state index in [4.69, 9.17) is 11.6 Å². The fourth-order valence-electron chi connectivity index (χ4n) is 3.44. The molecule has 0 bridgehead atoms. The highest BCUT2D eigenvalue weighted by molar-refractivity contribution is 6.34. The van der Waals surface area contributed by atoms with E-state index in [0.717, 1.165) is 28.9 Å². The van der Waals surface area contributed by atoms with Gasteiger partial charge in [0.05, 0.1) is 10.9 Å². The summed E-state index contributed by atoms with van der Waals surface area (Å²) in [5.41, 5.74) is 3.36. The molecule has 2 aromatic rings. The molecule has 2 aliphatic rings. The third-order valence-electron chi connectivity index (χ3n) is 4.98. The zero-order valence-corrected chi connectivity index (χ0v) is 14.8. The fourth-order valence-corrected chi connectivity index (χ4v) is 3.81. The molecular formula is C20H17ClN2O3. The van der Waals surface area contributed by atoms with Crippen LogP contribution in [-0.2, 0) is 14.4 Å². The molecule has 1 unspecified atom stereocenters. The van der Waals surface area contributed by atoms with Gasteiger partial charge in [-0.1, -0.05) is 41.9 Å². The first kappa shape index (κ1) is 16.8. The number of hydrogen-bond donors (Lipinski definition) is 1. The zero-order chi connectivity index (χ0) is 18.3. The molecule has 2 saturated heterocycles. The van der Waals surface area contributed by atoms with Crippen LogP contribution in [0.15, 0.2) is 42.5 Å². The monoisotopic (exact) mass is 368 g/mol. The second-order valence-electron chi connectivity index (χ2n) is 6.55. The maximum absolute atomic E-state index is 12.2. The number of carbonyl (C=O) groups excluding carboxylic acids is 3. The van der Waals surface area contributed by atoms with E-state index in [2.05, 4.69) is 5.32 Å². The first-order valence-corrected chi connectivity index (χ1v) is 8.95. The number of nitrogens with zero attached hydrogens (tertiary/aromatic N) is 1. The Morgan fingerprint density at radius 3 is 2.38 bits per heavy atom. The van der Waals surface area contributed by atoms with Gasteiger partial charge in [-0.15, -0.1) is 0 Å². The summed E-state index contributed by atoms with van der Waals surface area (Å²) in [5, 5.41) is 2.90. The van der Waals surface area contributed by atoms with Crippen LogP contribution in [0.1, 0.15) is 30.7 Å². The van der Waals surface area contributed by atoms with Crippen molar-refractivity contribution in [3.05, 3.63) is 53.1 Å². The van der Waals surface area contributed by atoms with E-state index in [1.165, 1.54) is 0 Å². The number of piperidine rings is 1. The predicted molar refractivity (Wildman–Crippen MR) is 99.0 cm³/mol. The summed E-state index contributed by atoms with van der Waals surface area (Å²) in [6.07, 6.45) is 1.38. The molecule has 0 aliphatic carbocycles. The van der Waals surface area contributed by atoms with Crippen LogP contribution in [0.2, 0.25) is 5.02 Å². The maximum Gasteiger partial charge on any atom is 0.234 e. The number of amides is 3. The van der Waals surface area contributed by atoms with E-state index in [0.29, 0.717) is 24.3 Å². The van der Waals surface area contributed by atoms with Crippen LogP contribution in [0.3, 0.4) is 0 Å². The molecule has 4 rings (SSSR count). The number of rotatable bonds is 3. The number of carbonyl (C=O) groups is 3. The highest BCUT2D eigenvalue weighted by Gasteiger charge is 2.30. The summed E-state index contributed by atoms with van der Waals surface area (Å²) in [7, 11) is 0. The van der Waals surface area contributed by atoms with E-state index >= 15 is 0 Å². The summed E-state index contributed by atoms with van der Waals surface area (Å²) in [5.74, 6) is -0.824. The first-order chi connectivity index (χ1) is 12.5. The first-order valence-electron chi connectivity index (χ1n) is 8.57. The van der Waals surface area contributed by atoms with Gasteiger partial charge in [-0.25, -0.2) is 0 Å². The van der Waals surface area contributed by atoms with Crippen LogP contribution in [0, 0.1) is 0 Å². The number of anilines is 1. The Morgan fingerprint density at radius 1 is 1.00 bits per heavy atom. The van der Waals surface area contributed by atoms with Gasteiger partial charge in [-0.2, -0.15) is 0 Å². The molecule has 6 heteroatoms. The lowest BCUT2D eigenvalue weighted by molar-refractivity contribution is -0.134. The van der Waals surface area contributed by atoms with Gasteiger partial charge in [-0.3, -0.25) is 19.7 Å². The Hall–Kier alpha value is -2.66. The Morgan fingerprint density at radius 2 is 1.77 bits per heavy atom. The SMILES string of the molecule is O=C1CCC(c2cccc(-c3ccc(N4CCC4=O)cc3)c2Cl)C(=O)N1. The van der Waals surface area contributed by atoms with E-state index in [-0.39, 0.29) is 17.7 Å².